The molecule has 2 atom stereocenters. The van der Waals surface area contributed by atoms with Gasteiger partial charge < -0.3 is 10.1 Å². The Hall–Kier alpha value is -1.65. The molecule has 1 saturated heterocycles. The highest BCUT2D eigenvalue weighted by Gasteiger charge is 2.25. The highest BCUT2D eigenvalue weighted by molar-refractivity contribution is 5.31. The smallest absolute Gasteiger partial charge is 0.0770 e. The monoisotopic (exact) mass is 271 g/mol. The predicted molar refractivity (Wildman–Crippen MR) is 79.0 cm³/mol. The second kappa shape index (κ2) is 6.20. The number of benzene rings is 1. The predicted octanol–water partition coefficient (Wildman–Crippen LogP) is 2.70. The van der Waals surface area contributed by atoms with Crippen molar-refractivity contribution in [3.05, 3.63) is 48.3 Å². The summed E-state index contributed by atoms with van der Waals surface area (Å²) in [7, 11) is 1.99. The van der Waals surface area contributed by atoms with E-state index in [-0.39, 0.29) is 12.1 Å². The average molecular weight is 271 g/mol. The largest absolute Gasteiger partial charge is 0.376 e. The van der Waals surface area contributed by atoms with Gasteiger partial charge in [-0.05, 0) is 38.4 Å². The Kier molecular flexibility index (Phi) is 4.14. The van der Waals surface area contributed by atoms with Crippen molar-refractivity contribution in [3.63, 3.8) is 0 Å². The Balaban J connectivity index is 1.80. The van der Waals surface area contributed by atoms with Gasteiger partial charge in [-0.15, -0.1) is 0 Å². The second-order valence-electron chi connectivity index (χ2n) is 5.23. The first-order valence-corrected chi connectivity index (χ1v) is 7.27. The lowest BCUT2D eigenvalue weighted by Gasteiger charge is -2.29. The maximum Gasteiger partial charge on any atom is 0.0770 e. The molecule has 0 amide bonds. The van der Waals surface area contributed by atoms with E-state index in [4.69, 9.17) is 4.74 Å². The zero-order chi connectivity index (χ0) is 13.8. The zero-order valence-electron chi connectivity index (χ0n) is 11.8. The summed E-state index contributed by atoms with van der Waals surface area (Å²) in [6.45, 7) is 0.871. The molecule has 1 aliphatic heterocycles. The molecule has 2 unspecified atom stereocenters. The molecule has 4 nitrogen and oxygen atoms in total. The Bertz CT molecular complexity index is 532. The third kappa shape index (κ3) is 2.76. The first-order chi connectivity index (χ1) is 9.88. The lowest BCUT2D eigenvalue weighted by Crippen LogP contribution is -2.33. The summed E-state index contributed by atoms with van der Waals surface area (Å²) in [5.41, 5.74) is 2.27. The lowest BCUT2D eigenvalue weighted by atomic mass is 9.98. The van der Waals surface area contributed by atoms with Crippen molar-refractivity contribution in [2.24, 2.45) is 0 Å². The molecule has 20 heavy (non-hydrogen) atoms. The molecule has 2 aromatic rings. The van der Waals surface area contributed by atoms with Crippen LogP contribution in [0.3, 0.4) is 0 Å². The molecule has 0 radical (unpaired) electrons. The molecule has 1 fully saturated rings. The molecule has 1 aromatic carbocycles. The molecule has 2 heterocycles. The van der Waals surface area contributed by atoms with E-state index in [2.05, 4.69) is 28.7 Å². The summed E-state index contributed by atoms with van der Waals surface area (Å²) in [4.78, 5) is 0. The average Bonchev–Trinajstić information content (AvgIpc) is 3.00. The van der Waals surface area contributed by atoms with Gasteiger partial charge in [0.05, 0.1) is 24.0 Å². The standard InChI is InChI=1S/C16H21N3O/c1-17-16(15-9-5-6-10-20-15)13-11-18-19(12-13)14-7-3-2-4-8-14/h2-4,7-8,11-12,15-17H,5-6,9-10H2,1H3. The van der Waals surface area contributed by atoms with Gasteiger partial charge in [0.15, 0.2) is 0 Å². The zero-order valence-corrected chi connectivity index (χ0v) is 11.8. The summed E-state index contributed by atoms with van der Waals surface area (Å²) in [6, 6.07) is 10.4. The maximum atomic E-state index is 5.90. The molecule has 0 spiro atoms. The molecule has 4 heteroatoms. The van der Waals surface area contributed by atoms with Crippen LogP contribution in [0.25, 0.3) is 5.69 Å². The Labute approximate surface area is 119 Å². The molecule has 0 aliphatic carbocycles. The molecule has 3 rings (SSSR count). The Morgan fingerprint density at radius 3 is 2.85 bits per heavy atom. The van der Waals surface area contributed by atoms with E-state index in [9.17, 15) is 0 Å². The van der Waals surface area contributed by atoms with Crippen LogP contribution in [0.2, 0.25) is 0 Å². The number of nitrogens with one attached hydrogen (secondary N) is 1. The highest BCUT2D eigenvalue weighted by Crippen LogP contribution is 2.26. The molecule has 1 aromatic heterocycles. The van der Waals surface area contributed by atoms with Gasteiger partial charge in [-0.1, -0.05) is 18.2 Å². The normalized spacial score (nSPS) is 20.8. The first-order valence-electron chi connectivity index (χ1n) is 7.27. The van der Waals surface area contributed by atoms with E-state index in [1.54, 1.807) is 0 Å². The molecule has 0 bridgehead atoms. The lowest BCUT2D eigenvalue weighted by molar-refractivity contribution is -0.00662. The van der Waals surface area contributed by atoms with Crippen molar-refractivity contribution >= 4 is 0 Å². The quantitative estimate of drug-likeness (QED) is 0.929. The second-order valence-corrected chi connectivity index (χ2v) is 5.23. The number of hydrogen-bond acceptors (Lipinski definition) is 3. The third-order valence-corrected chi connectivity index (χ3v) is 3.88. The van der Waals surface area contributed by atoms with Crippen molar-refractivity contribution in [1.82, 2.24) is 15.1 Å². The number of hydrogen-bond donors (Lipinski definition) is 1. The van der Waals surface area contributed by atoms with Gasteiger partial charge in [0.1, 0.15) is 0 Å². The molecule has 106 valence electrons. The van der Waals surface area contributed by atoms with E-state index in [1.165, 1.54) is 18.4 Å². The van der Waals surface area contributed by atoms with E-state index < -0.39 is 0 Å². The third-order valence-electron chi connectivity index (χ3n) is 3.88. The molecule has 1 aliphatic rings. The van der Waals surface area contributed by atoms with Crippen LogP contribution < -0.4 is 5.32 Å². The highest BCUT2D eigenvalue weighted by atomic mass is 16.5. The van der Waals surface area contributed by atoms with Gasteiger partial charge in [0.2, 0.25) is 0 Å². The van der Waals surface area contributed by atoms with Crippen LogP contribution in [-0.2, 0) is 4.74 Å². The van der Waals surface area contributed by atoms with Crippen LogP contribution in [0.15, 0.2) is 42.7 Å². The fourth-order valence-electron chi connectivity index (χ4n) is 2.81. The fourth-order valence-corrected chi connectivity index (χ4v) is 2.81. The van der Waals surface area contributed by atoms with E-state index in [1.807, 2.05) is 36.1 Å². The van der Waals surface area contributed by atoms with Gasteiger partial charge in [0, 0.05) is 18.4 Å². The van der Waals surface area contributed by atoms with Crippen LogP contribution >= 0.6 is 0 Å². The summed E-state index contributed by atoms with van der Waals surface area (Å²) in [6.07, 6.45) is 7.82. The molecule has 0 saturated carbocycles. The van der Waals surface area contributed by atoms with Crippen molar-refractivity contribution in [1.29, 1.82) is 0 Å². The van der Waals surface area contributed by atoms with Crippen LogP contribution in [-0.4, -0.2) is 29.5 Å². The van der Waals surface area contributed by atoms with Gasteiger partial charge in [0.25, 0.3) is 0 Å². The van der Waals surface area contributed by atoms with Crippen LogP contribution in [0, 0.1) is 0 Å². The number of ether oxygens (including phenoxy) is 1. The summed E-state index contributed by atoms with van der Waals surface area (Å²) in [5.74, 6) is 0. The number of para-hydroxylation sites is 1. The Morgan fingerprint density at radius 1 is 1.30 bits per heavy atom. The maximum absolute atomic E-state index is 5.90. The number of nitrogens with zero attached hydrogens (tertiary/aromatic N) is 2. The van der Waals surface area contributed by atoms with Gasteiger partial charge in [-0.25, -0.2) is 4.68 Å². The van der Waals surface area contributed by atoms with Gasteiger partial charge in [-0.2, -0.15) is 5.10 Å². The summed E-state index contributed by atoms with van der Waals surface area (Å²) < 4.78 is 7.82. The van der Waals surface area contributed by atoms with Gasteiger partial charge >= 0.3 is 0 Å². The minimum atomic E-state index is 0.216. The van der Waals surface area contributed by atoms with E-state index >= 15 is 0 Å². The fraction of sp³-hybridized carbons (Fsp3) is 0.438. The Morgan fingerprint density at radius 2 is 2.15 bits per heavy atom. The van der Waals surface area contributed by atoms with Crippen molar-refractivity contribution in [2.45, 2.75) is 31.4 Å². The summed E-state index contributed by atoms with van der Waals surface area (Å²) >= 11 is 0. The molecular formula is C16H21N3O. The van der Waals surface area contributed by atoms with Crippen molar-refractivity contribution in [3.8, 4) is 5.69 Å². The minimum Gasteiger partial charge on any atom is -0.376 e. The minimum absolute atomic E-state index is 0.216. The van der Waals surface area contributed by atoms with E-state index in [0.717, 1.165) is 18.7 Å². The van der Waals surface area contributed by atoms with Crippen LogP contribution in [0.1, 0.15) is 30.9 Å². The number of aromatic nitrogens is 2. The first kappa shape index (κ1) is 13.3. The van der Waals surface area contributed by atoms with Crippen molar-refractivity contribution < 1.29 is 4.74 Å². The van der Waals surface area contributed by atoms with Gasteiger partial charge in [-0.3, -0.25) is 0 Å². The molecular weight excluding hydrogens is 250 g/mol. The number of rotatable bonds is 4. The number of likely N-dealkylation sites (N-methyl/N-ethyl adjacent to an activating group) is 1. The topological polar surface area (TPSA) is 39.1 Å². The van der Waals surface area contributed by atoms with Crippen molar-refractivity contribution in [2.75, 3.05) is 13.7 Å². The summed E-state index contributed by atoms with van der Waals surface area (Å²) in [5, 5.41) is 7.85. The van der Waals surface area contributed by atoms with E-state index in [0.29, 0.717) is 0 Å². The molecule has 1 N–H and O–H groups in total. The van der Waals surface area contributed by atoms with Crippen LogP contribution in [0.4, 0.5) is 0 Å². The van der Waals surface area contributed by atoms with Crippen LogP contribution in [0.5, 0.6) is 0 Å². The SMILES string of the molecule is CNC(c1cnn(-c2ccccc2)c1)C1CCCCO1.